The van der Waals surface area contributed by atoms with E-state index in [4.69, 9.17) is 20.3 Å². The van der Waals surface area contributed by atoms with Crippen LogP contribution in [-0.4, -0.2) is 64.5 Å². The van der Waals surface area contributed by atoms with Gasteiger partial charge in [0, 0.05) is 12.4 Å². The molecule has 0 spiro atoms. The van der Waals surface area contributed by atoms with Crippen molar-refractivity contribution >= 4 is 24.0 Å². The zero-order valence-electron chi connectivity index (χ0n) is 19.3. The van der Waals surface area contributed by atoms with Crippen molar-refractivity contribution in [2.24, 2.45) is 15.9 Å². The van der Waals surface area contributed by atoms with Gasteiger partial charge in [0.05, 0.1) is 36.6 Å². The lowest BCUT2D eigenvalue weighted by Gasteiger charge is -2.27. The average Bonchev–Trinajstić information content (AvgIpc) is 3.57. The van der Waals surface area contributed by atoms with Crippen LogP contribution in [-0.2, 0) is 5.41 Å². The van der Waals surface area contributed by atoms with E-state index in [1.165, 1.54) is 12.4 Å². The Hall–Kier alpha value is -3.20. The Morgan fingerprint density at radius 3 is 2.36 bits per heavy atom. The Labute approximate surface area is 193 Å². The molecule has 2 aliphatic rings. The van der Waals surface area contributed by atoms with Crippen LogP contribution in [0, 0.1) is 16.7 Å². The summed E-state index contributed by atoms with van der Waals surface area (Å²) in [5.74, 6) is 1.88. The number of benzene rings is 1. The van der Waals surface area contributed by atoms with Gasteiger partial charge in [0.25, 0.3) is 5.89 Å². The lowest BCUT2D eigenvalue weighted by molar-refractivity contribution is 0.206. The molecular weight excluding hydrogens is 418 g/mol. The fraction of sp³-hybridized carbons (Fsp3) is 0.500. The molecule has 1 saturated carbocycles. The molecule has 4 rings (SSSR count). The highest BCUT2D eigenvalue weighted by atomic mass is 16.5. The molecule has 1 aliphatic carbocycles. The van der Waals surface area contributed by atoms with E-state index < -0.39 is 5.54 Å². The highest BCUT2D eigenvalue weighted by Gasteiger charge is 2.47. The van der Waals surface area contributed by atoms with Gasteiger partial charge in [-0.2, -0.15) is 4.98 Å². The van der Waals surface area contributed by atoms with E-state index in [-0.39, 0.29) is 17.9 Å². The number of aliphatic hydroxyl groups excluding tert-OH is 1. The highest BCUT2D eigenvalue weighted by Crippen LogP contribution is 2.50. The third kappa shape index (κ3) is 4.64. The Morgan fingerprint density at radius 1 is 1.12 bits per heavy atom. The molecule has 2 heterocycles. The first-order chi connectivity index (χ1) is 15.8. The standard InChI is InChI=1S/C24H31N7O2/c1-23(2,14-32)30-20-13-27-19(12-28-20)21-29-22(31-33-21)24(3,18-8-9-18)17-6-4-15(5-7-17)16(10-25)11-26/h4-7,10-11,16,18,25-26,32H,8-9,12-14H2,1-3H3,(H,28,30). The summed E-state index contributed by atoms with van der Waals surface area (Å²) in [6.07, 6.45) is 4.75. The van der Waals surface area contributed by atoms with Gasteiger partial charge in [0.2, 0.25) is 0 Å². The number of hydrogen-bond acceptors (Lipinski definition) is 9. The van der Waals surface area contributed by atoms with Crippen molar-refractivity contribution in [3.63, 3.8) is 0 Å². The molecule has 1 unspecified atom stereocenters. The van der Waals surface area contributed by atoms with Crippen molar-refractivity contribution in [2.45, 2.75) is 50.5 Å². The summed E-state index contributed by atoms with van der Waals surface area (Å²) in [4.78, 5) is 13.9. The van der Waals surface area contributed by atoms with Gasteiger partial charge < -0.3 is 25.8 Å². The van der Waals surface area contributed by atoms with Crippen molar-refractivity contribution in [1.29, 1.82) is 10.8 Å². The van der Waals surface area contributed by atoms with Crippen LogP contribution in [0.4, 0.5) is 0 Å². The van der Waals surface area contributed by atoms with Crippen LogP contribution in [0.5, 0.6) is 0 Å². The summed E-state index contributed by atoms with van der Waals surface area (Å²) in [6, 6.07) is 8.04. The number of hydrogen-bond donors (Lipinski definition) is 4. The Morgan fingerprint density at radius 2 is 1.82 bits per heavy atom. The van der Waals surface area contributed by atoms with Crippen LogP contribution < -0.4 is 5.32 Å². The monoisotopic (exact) mass is 449 g/mol. The quantitative estimate of drug-likeness (QED) is 0.435. The molecule has 0 bridgehead atoms. The van der Waals surface area contributed by atoms with Crippen LogP contribution >= 0.6 is 0 Å². The predicted molar refractivity (Wildman–Crippen MR) is 128 cm³/mol. The lowest BCUT2D eigenvalue weighted by Crippen LogP contribution is -2.48. The maximum atomic E-state index is 9.44. The summed E-state index contributed by atoms with van der Waals surface area (Å²) in [7, 11) is 0. The number of aromatic nitrogens is 2. The van der Waals surface area contributed by atoms with Gasteiger partial charge in [-0.1, -0.05) is 29.4 Å². The van der Waals surface area contributed by atoms with E-state index in [1.54, 1.807) is 0 Å². The maximum Gasteiger partial charge on any atom is 0.273 e. The topological polar surface area (TPSA) is 144 Å². The molecule has 0 radical (unpaired) electrons. The minimum atomic E-state index is -0.456. The molecule has 1 aliphatic heterocycles. The van der Waals surface area contributed by atoms with E-state index >= 15 is 0 Å². The molecule has 1 atom stereocenters. The van der Waals surface area contributed by atoms with Gasteiger partial charge in [-0.05, 0) is 50.7 Å². The zero-order chi connectivity index (χ0) is 23.6. The first kappa shape index (κ1) is 23.0. The van der Waals surface area contributed by atoms with Gasteiger partial charge in [0.1, 0.15) is 11.5 Å². The van der Waals surface area contributed by atoms with E-state index in [2.05, 4.69) is 27.4 Å². The fourth-order valence-electron chi connectivity index (χ4n) is 4.14. The maximum absolute atomic E-state index is 9.44. The molecule has 9 nitrogen and oxygen atoms in total. The van der Waals surface area contributed by atoms with E-state index in [1.807, 2.05) is 38.1 Å². The fourth-order valence-corrected chi connectivity index (χ4v) is 4.14. The SMILES string of the molecule is CC(C)(CO)NC1=NCC(c2nc(C(C)(c3ccc(C(C=N)C=N)cc3)C3CC3)no2)=NC1. The number of amidine groups is 1. The smallest absolute Gasteiger partial charge is 0.273 e. The Kier molecular flexibility index (Phi) is 6.25. The molecule has 0 amide bonds. The Balaban J connectivity index is 1.54. The normalized spacial score (nSPS) is 19.2. The first-order valence-corrected chi connectivity index (χ1v) is 11.2. The molecule has 33 heavy (non-hydrogen) atoms. The van der Waals surface area contributed by atoms with Gasteiger partial charge >= 0.3 is 0 Å². The summed E-state index contributed by atoms with van der Waals surface area (Å²) < 4.78 is 5.62. The minimum Gasteiger partial charge on any atom is -0.394 e. The lowest BCUT2D eigenvalue weighted by atomic mass is 9.76. The molecule has 1 aromatic heterocycles. The number of nitrogens with one attached hydrogen (secondary N) is 3. The van der Waals surface area contributed by atoms with E-state index in [0.29, 0.717) is 36.4 Å². The number of nitrogens with zero attached hydrogens (tertiary/aromatic N) is 4. The van der Waals surface area contributed by atoms with Crippen molar-refractivity contribution < 1.29 is 9.63 Å². The first-order valence-electron chi connectivity index (χ1n) is 11.2. The highest BCUT2D eigenvalue weighted by molar-refractivity contribution is 6.03. The molecule has 1 aromatic carbocycles. The second-order valence-corrected chi connectivity index (χ2v) is 9.57. The third-order valence-corrected chi connectivity index (χ3v) is 6.50. The molecule has 0 saturated heterocycles. The minimum absolute atomic E-state index is 0.000268. The molecular formula is C24H31N7O2. The average molecular weight is 450 g/mol. The van der Waals surface area contributed by atoms with Gasteiger partial charge in [0.15, 0.2) is 5.82 Å². The third-order valence-electron chi connectivity index (χ3n) is 6.50. The summed E-state index contributed by atoms with van der Waals surface area (Å²) >= 11 is 0. The number of rotatable bonds is 9. The Bertz CT molecular complexity index is 1070. The summed E-state index contributed by atoms with van der Waals surface area (Å²) in [6.45, 7) is 6.67. The van der Waals surface area contributed by atoms with Crippen molar-refractivity contribution in [3.8, 4) is 0 Å². The van der Waals surface area contributed by atoms with Crippen LogP contribution in [0.3, 0.4) is 0 Å². The van der Waals surface area contributed by atoms with Crippen molar-refractivity contribution in [1.82, 2.24) is 15.5 Å². The molecule has 2 aromatic rings. The van der Waals surface area contributed by atoms with Crippen LogP contribution in [0.25, 0.3) is 0 Å². The van der Waals surface area contributed by atoms with Crippen LogP contribution in [0.2, 0.25) is 0 Å². The summed E-state index contributed by atoms with van der Waals surface area (Å²) in [5.41, 5.74) is 1.83. The van der Waals surface area contributed by atoms with E-state index in [9.17, 15) is 5.11 Å². The predicted octanol–water partition coefficient (Wildman–Crippen LogP) is 2.73. The second-order valence-electron chi connectivity index (χ2n) is 9.57. The number of aliphatic imine (C=N–C) groups is 2. The van der Waals surface area contributed by atoms with Gasteiger partial charge in [-0.15, -0.1) is 0 Å². The number of aliphatic hydroxyl groups is 1. The molecule has 1 fully saturated rings. The van der Waals surface area contributed by atoms with Crippen LogP contribution in [0.1, 0.15) is 62.4 Å². The second kappa shape index (κ2) is 8.97. The van der Waals surface area contributed by atoms with Crippen LogP contribution in [0.15, 0.2) is 38.8 Å². The van der Waals surface area contributed by atoms with E-state index in [0.717, 1.165) is 29.8 Å². The molecule has 174 valence electrons. The van der Waals surface area contributed by atoms with Gasteiger partial charge in [-0.25, -0.2) is 0 Å². The van der Waals surface area contributed by atoms with Crippen molar-refractivity contribution in [3.05, 3.63) is 47.1 Å². The van der Waals surface area contributed by atoms with Crippen molar-refractivity contribution in [2.75, 3.05) is 19.7 Å². The summed E-state index contributed by atoms with van der Waals surface area (Å²) in [5, 5.41) is 32.0. The zero-order valence-corrected chi connectivity index (χ0v) is 19.3. The molecule has 9 heteroatoms. The van der Waals surface area contributed by atoms with Gasteiger partial charge in [-0.3, -0.25) is 9.98 Å². The largest absolute Gasteiger partial charge is 0.394 e. The molecule has 4 N–H and O–H groups in total.